The van der Waals surface area contributed by atoms with Gasteiger partial charge in [-0.15, -0.1) is 0 Å². The Morgan fingerprint density at radius 3 is 2.89 bits per heavy atom. The number of hydrogen-bond donors (Lipinski definition) is 2. The van der Waals surface area contributed by atoms with Crippen molar-refractivity contribution < 1.29 is 18.9 Å². The van der Waals surface area contributed by atoms with E-state index in [1.54, 1.807) is 7.05 Å². The highest BCUT2D eigenvalue weighted by atomic mass is 16.5. The molecule has 3 amide bonds. The van der Waals surface area contributed by atoms with Crippen molar-refractivity contribution in [2.75, 3.05) is 20.1 Å². The fourth-order valence-electron chi connectivity index (χ4n) is 1.68. The highest BCUT2D eigenvalue weighted by Crippen LogP contribution is 2.11. The summed E-state index contributed by atoms with van der Waals surface area (Å²) < 4.78 is 4.92. The summed E-state index contributed by atoms with van der Waals surface area (Å²) >= 11 is 0. The maximum atomic E-state index is 11.7. The van der Waals surface area contributed by atoms with Gasteiger partial charge in [-0.1, -0.05) is 5.16 Å². The second-order valence-electron chi connectivity index (χ2n) is 4.11. The van der Waals surface area contributed by atoms with E-state index in [4.69, 9.17) is 10.4 Å². The van der Waals surface area contributed by atoms with Gasteiger partial charge < -0.3 is 14.3 Å². The van der Waals surface area contributed by atoms with Crippen LogP contribution in [0.5, 0.6) is 0 Å². The number of hydrazine groups is 1. The van der Waals surface area contributed by atoms with Gasteiger partial charge in [0.1, 0.15) is 0 Å². The molecule has 1 aliphatic heterocycles. The molecule has 0 atom stereocenters. The lowest BCUT2D eigenvalue weighted by molar-refractivity contribution is -0.155. The third kappa shape index (κ3) is 2.55. The molecule has 0 aromatic carbocycles. The second-order valence-corrected chi connectivity index (χ2v) is 4.11. The van der Waals surface area contributed by atoms with Crippen LogP contribution in [0.2, 0.25) is 0 Å². The molecule has 102 valence electrons. The van der Waals surface area contributed by atoms with E-state index in [9.17, 15) is 14.4 Å². The smallest absolute Gasteiger partial charge is 0.312 e. The summed E-state index contributed by atoms with van der Waals surface area (Å²) in [7, 11) is 1.57. The van der Waals surface area contributed by atoms with Crippen LogP contribution in [-0.4, -0.2) is 52.8 Å². The van der Waals surface area contributed by atoms with Crippen LogP contribution >= 0.6 is 0 Å². The Morgan fingerprint density at radius 1 is 1.47 bits per heavy atom. The molecule has 1 saturated heterocycles. The Hall–Kier alpha value is -2.42. The van der Waals surface area contributed by atoms with Gasteiger partial charge in [0.2, 0.25) is 0 Å². The molecule has 0 aliphatic carbocycles. The monoisotopic (exact) mass is 267 g/mol. The van der Waals surface area contributed by atoms with E-state index in [0.29, 0.717) is 18.8 Å². The van der Waals surface area contributed by atoms with Crippen LogP contribution in [0.1, 0.15) is 16.2 Å². The van der Waals surface area contributed by atoms with E-state index in [1.807, 2.05) is 5.43 Å². The predicted octanol–water partition coefficient (Wildman–Crippen LogP) is -1.92. The third-order valence-electron chi connectivity index (χ3n) is 2.79. The second kappa shape index (κ2) is 5.06. The summed E-state index contributed by atoms with van der Waals surface area (Å²) in [6, 6.07) is 1.37. The molecular weight excluding hydrogens is 254 g/mol. The lowest BCUT2D eigenvalue weighted by atomic mass is 10.2. The number of likely N-dealkylation sites (N-methyl/N-ethyl adjacent to an activating group) is 1. The molecule has 2 rings (SSSR count). The van der Waals surface area contributed by atoms with Gasteiger partial charge in [-0.05, 0) is 0 Å². The number of hydrogen-bond acceptors (Lipinski definition) is 6. The zero-order chi connectivity index (χ0) is 14.0. The van der Waals surface area contributed by atoms with Crippen molar-refractivity contribution in [3.63, 3.8) is 0 Å². The van der Waals surface area contributed by atoms with Crippen molar-refractivity contribution in [2.24, 2.45) is 5.84 Å². The molecule has 19 heavy (non-hydrogen) atoms. The highest BCUT2D eigenvalue weighted by Gasteiger charge is 2.31. The summed E-state index contributed by atoms with van der Waals surface area (Å²) in [4.78, 5) is 37.1. The fraction of sp³-hybridized carbons (Fsp3) is 0.400. The number of aromatic nitrogens is 1. The molecule has 1 aliphatic rings. The Morgan fingerprint density at radius 2 is 2.21 bits per heavy atom. The van der Waals surface area contributed by atoms with Crippen molar-refractivity contribution in [2.45, 2.75) is 6.54 Å². The number of nitrogens with one attached hydrogen (secondary N) is 1. The van der Waals surface area contributed by atoms with Gasteiger partial charge in [0, 0.05) is 26.2 Å². The zero-order valence-electron chi connectivity index (χ0n) is 10.3. The highest BCUT2D eigenvalue weighted by molar-refractivity contribution is 6.35. The van der Waals surface area contributed by atoms with Crippen LogP contribution < -0.4 is 11.3 Å². The molecule has 0 radical (unpaired) electrons. The number of rotatable bonds is 3. The molecule has 2 heterocycles. The van der Waals surface area contributed by atoms with Crippen molar-refractivity contribution >= 4 is 17.7 Å². The molecule has 0 saturated carbocycles. The first-order valence-corrected chi connectivity index (χ1v) is 5.54. The van der Waals surface area contributed by atoms with Crippen LogP contribution in [0, 0.1) is 0 Å². The van der Waals surface area contributed by atoms with Gasteiger partial charge in [0.05, 0.1) is 6.54 Å². The number of carbonyl (C=O) groups excluding carboxylic acids is 3. The first kappa shape index (κ1) is 13.0. The largest absolute Gasteiger partial charge is 0.359 e. The summed E-state index contributed by atoms with van der Waals surface area (Å²) in [5.41, 5.74) is 1.94. The number of amides is 3. The molecule has 0 unspecified atom stereocenters. The fourth-order valence-corrected chi connectivity index (χ4v) is 1.68. The first-order chi connectivity index (χ1) is 9.02. The van der Waals surface area contributed by atoms with E-state index in [0.717, 1.165) is 0 Å². The Kier molecular flexibility index (Phi) is 3.47. The maximum absolute atomic E-state index is 11.7. The van der Waals surface area contributed by atoms with E-state index in [1.165, 1.54) is 15.9 Å². The van der Waals surface area contributed by atoms with Crippen molar-refractivity contribution in [3.8, 4) is 0 Å². The zero-order valence-corrected chi connectivity index (χ0v) is 10.3. The van der Waals surface area contributed by atoms with Crippen molar-refractivity contribution in [1.29, 1.82) is 0 Å². The lowest BCUT2D eigenvalue weighted by Gasteiger charge is -2.30. The minimum atomic E-state index is -0.602. The van der Waals surface area contributed by atoms with Crippen molar-refractivity contribution in [3.05, 3.63) is 17.5 Å². The van der Waals surface area contributed by atoms with Gasteiger partial charge in [0.25, 0.3) is 5.91 Å². The van der Waals surface area contributed by atoms with Crippen LogP contribution in [0.3, 0.4) is 0 Å². The van der Waals surface area contributed by atoms with Gasteiger partial charge in [-0.2, -0.15) is 0 Å². The maximum Gasteiger partial charge on any atom is 0.312 e. The van der Waals surface area contributed by atoms with Gasteiger partial charge >= 0.3 is 11.8 Å². The van der Waals surface area contributed by atoms with Crippen molar-refractivity contribution in [1.82, 2.24) is 20.4 Å². The summed E-state index contributed by atoms with van der Waals surface area (Å²) in [5.74, 6) is 3.51. The molecule has 1 fully saturated rings. The standard InChI is InChI=1S/C10H13N5O4/c1-14-2-3-15(10(18)9(14)17)5-6-4-7(13-19-6)8(16)12-11/h4H,2-3,5,11H2,1H3,(H,12,16). The lowest BCUT2D eigenvalue weighted by Crippen LogP contribution is -2.52. The van der Waals surface area contributed by atoms with Crippen LogP contribution in [-0.2, 0) is 16.1 Å². The normalized spacial score (nSPS) is 15.9. The summed E-state index contributed by atoms with van der Waals surface area (Å²) in [5, 5.41) is 3.51. The predicted molar refractivity (Wildman–Crippen MR) is 61.2 cm³/mol. The number of nitrogen functional groups attached to an aromatic ring is 1. The van der Waals surface area contributed by atoms with Gasteiger partial charge in [0.15, 0.2) is 11.5 Å². The summed E-state index contributed by atoms with van der Waals surface area (Å²) in [6.45, 7) is 0.943. The Labute approximate surface area is 108 Å². The van der Waals surface area contributed by atoms with Crippen LogP contribution in [0.25, 0.3) is 0 Å². The van der Waals surface area contributed by atoms with E-state index < -0.39 is 17.7 Å². The molecule has 9 heteroatoms. The Bertz CT molecular complexity index is 526. The molecule has 1 aromatic heterocycles. The molecule has 0 bridgehead atoms. The average molecular weight is 267 g/mol. The minimum Gasteiger partial charge on any atom is -0.359 e. The van der Waals surface area contributed by atoms with E-state index in [-0.39, 0.29) is 12.2 Å². The average Bonchev–Trinajstić information content (AvgIpc) is 2.87. The third-order valence-corrected chi connectivity index (χ3v) is 2.79. The number of nitrogens with zero attached hydrogens (tertiary/aromatic N) is 3. The van der Waals surface area contributed by atoms with Crippen LogP contribution in [0.15, 0.2) is 10.6 Å². The first-order valence-electron chi connectivity index (χ1n) is 5.54. The molecular formula is C10H13N5O4. The van der Waals surface area contributed by atoms with Gasteiger partial charge in [-0.3, -0.25) is 19.8 Å². The van der Waals surface area contributed by atoms with E-state index in [2.05, 4.69) is 5.16 Å². The topological polar surface area (TPSA) is 122 Å². The number of piperazine rings is 1. The summed E-state index contributed by atoms with van der Waals surface area (Å²) in [6.07, 6.45) is 0. The minimum absolute atomic E-state index is 0.0189. The molecule has 9 nitrogen and oxygen atoms in total. The Balaban J connectivity index is 2.05. The SMILES string of the molecule is CN1CCN(Cc2cc(C(=O)NN)no2)C(=O)C1=O. The number of nitrogens with two attached hydrogens (primary N) is 1. The molecule has 3 N–H and O–H groups in total. The number of carbonyl (C=O) groups is 3. The molecule has 0 spiro atoms. The van der Waals surface area contributed by atoms with Crippen LogP contribution in [0.4, 0.5) is 0 Å². The van der Waals surface area contributed by atoms with E-state index >= 15 is 0 Å². The quantitative estimate of drug-likeness (QED) is 0.285. The molecule has 1 aromatic rings. The van der Waals surface area contributed by atoms with Gasteiger partial charge in [-0.25, -0.2) is 5.84 Å².